The fourth-order valence-electron chi connectivity index (χ4n) is 8.31. The van der Waals surface area contributed by atoms with E-state index >= 15 is 0 Å². The summed E-state index contributed by atoms with van der Waals surface area (Å²) in [5.41, 5.74) is -0.0842. The second kappa shape index (κ2) is 12.0. The van der Waals surface area contributed by atoms with Crippen molar-refractivity contribution in [3.05, 3.63) is 11.5 Å². The Labute approximate surface area is 267 Å². The van der Waals surface area contributed by atoms with E-state index in [9.17, 15) is 29.3 Å². The van der Waals surface area contributed by atoms with Gasteiger partial charge in [-0.3, -0.25) is 14.2 Å². The molecule has 1 heterocycles. The summed E-state index contributed by atoms with van der Waals surface area (Å²) in [5.74, 6) is -0.686. The van der Waals surface area contributed by atoms with E-state index in [-0.39, 0.29) is 69.9 Å². The van der Waals surface area contributed by atoms with Crippen LogP contribution >= 0.6 is 7.82 Å². The molecule has 0 amide bonds. The molecular formula is C25H37Na2O10P. The zero-order valence-corrected chi connectivity index (χ0v) is 27.7. The summed E-state index contributed by atoms with van der Waals surface area (Å²) in [6, 6.07) is 0. The van der Waals surface area contributed by atoms with Crippen LogP contribution in [0.25, 0.3) is 0 Å². The van der Waals surface area contributed by atoms with Crippen LogP contribution in [0.4, 0.5) is 0 Å². The summed E-state index contributed by atoms with van der Waals surface area (Å²) in [5, 5.41) is 28.8. The average Bonchev–Trinajstić information content (AvgIpc) is 3.28. The fourth-order valence-corrected chi connectivity index (χ4v) is 9.32. The Hall–Kier alpha value is 0.550. The van der Waals surface area contributed by atoms with E-state index in [2.05, 4.69) is 13.8 Å². The van der Waals surface area contributed by atoms with Crippen molar-refractivity contribution >= 4 is 78.7 Å². The molecule has 0 spiro atoms. The van der Waals surface area contributed by atoms with E-state index in [1.54, 1.807) is 0 Å². The summed E-state index contributed by atoms with van der Waals surface area (Å²) >= 11 is 0. The Balaban J connectivity index is 0.00000200. The predicted octanol–water partition coefficient (Wildman–Crippen LogP) is 2.39. The Bertz CT molecular complexity index is 1020. The van der Waals surface area contributed by atoms with E-state index in [4.69, 9.17) is 18.9 Å². The van der Waals surface area contributed by atoms with Crippen LogP contribution in [-0.4, -0.2) is 116 Å². The van der Waals surface area contributed by atoms with Crippen molar-refractivity contribution in [2.45, 2.75) is 89.9 Å². The van der Waals surface area contributed by atoms with Gasteiger partial charge in [0.25, 0.3) is 5.76 Å². The van der Waals surface area contributed by atoms with Gasteiger partial charge in [-0.2, -0.15) is 0 Å². The average molecular weight is 575 g/mol. The van der Waals surface area contributed by atoms with Gasteiger partial charge in [0, 0.05) is 71.0 Å². The molecule has 0 bridgehead atoms. The maximum atomic E-state index is 12.7. The second-order valence-corrected chi connectivity index (χ2v) is 13.3. The number of rotatable bonds is 6. The number of ether oxygens (including phenoxy) is 1. The van der Waals surface area contributed by atoms with Gasteiger partial charge in [-0.25, -0.2) is 9.36 Å². The minimum atomic E-state index is -4.78. The molecule has 0 aromatic rings. The third kappa shape index (κ3) is 5.63. The van der Waals surface area contributed by atoms with Gasteiger partial charge in [0.05, 0.1) is 12.7 Å². The molecule has 0 aromatic heterocycles. The Morgan fingerprint density at radius 2 is 1.79 bits per heavy atom. The number of hydrogen-bond donors (Lipinski definition) is 4. The number of Topliss-reactive ketones (excluding diaryl/α,β-unsaturated/α-hetero) is 1. The monoisotopic (exact) mass is 574 g/mol. The third-order valence-electron chi connectivity index (χ3n) is 10.3. The van der Waals surface area contributed by atoms with Gasteiger partial charge >= 0.3 is 13.8 Å². The number of carbonyl (C=O) groups is 2. The maximum absolute atomic E-state index is 12.7. The number of hydrogen-bond acceptors (Lipinski definition) is 9. The van der Waals surface area contributed by atoms with Gasteiger partial charge in [0.1, 0.15) is 11.9 Å². The minimum Gasteiger partial charge on any atom is -0.505 e. The van der Waals surface area contributed by atoms with E-state index in [1.165, 1.54) is 0 Å². The van der Waals surface area contributed by atoms with Crippen LogP contribution < -0.4 is 0 Å². The van der Waals surface area contributed by atoms with Gasteiger partial charge in [-0.15, -0.1) is 0 Å². The van der Waals surface area contributed by atoms with Crippen molar-refractivity contribution in [2.24, 2.45) is 34.5 Å². The standard InChI is InChI=1S/C25H37O10P.2Na/c1-24-9-7-14(34-36(31,32)35-22-20(29)21(18(27)12-26)33-23(22)30)11-13(24)3-4-15-16-5-6-19(28)25(16,2)10-8-17(15)24;;/h13-18,21,26-27,29H,3-12H2,1-2H3,(H,31,32);;/t13?,14-,15-,16-,17-,18?,21?,24-,25-;;/m0../s1. The molecule has 4 N–H and O–H groups in total. The van der Waals surface area contributed by atoms with E-state index in [1.807, 2.05) is 0 Å². The molecule has 4 unspecified atom stereocenters. The number of ketones is 1. The first-order valence-electron chi connectivity index (χ1n) is 13.1. The quantitative estimate of drug-likeness (QED) is 0.211. The van der Waals surface area contributed by atoms with Crippen LogP contribution in [0.2, 0.25) is 0 Å². The zero-order chi connectivity index (χ0) is 26.0. The van der Waals surface area contributed by atoms with Crippen molar-refractivity contribution in [3.63, 3.8) is 0 Å². The van der Waals surface area contributed by atoms with Gasteiger partial charge in [0.15, 0.2) is 11.9 Å². The largest absolute Gasteiger partial charge is 0.528 e. The number of phosphoric acid groups is 1. The first kappa shape index (κ1) is 33.1. The molecular weight excluding hydrogens is 537 g/mol. The van der Waals surface area contributed by atoms with Gasteiger partial charge in [-0.05, 0) is 80.5 Å². The topological polar surface area (TPSA) is 160 Å². The molecule has 4 aliphatic carbocycles. The number of esters is 1. The second-order valence-electron chi connectivity index (χ2n) is 11.9. The van der Waals surface area contributed by atoms with Gasteiger partial charge in [0.2, 0.25) is 0 Å². The Kier molecular flexibility index (Phi) is 10.5. The first-order valence-corrected chi connectivity index (χ1v) is 14.6. The Morgan fingerprint density at radius 1 is 1.08 bits per heavy atom. The van der Waals surface area contributed by atoms with Crippen LogP contribution in [0.5, 0.6) is 0 Å². The van der Waals surface area contributed by atoms with Gasteiger partial charge in [-0.1, -0.05) is 13.8 Å². The molecule has 5 rings (SSSR count). The molecule has 5 aliphatic rings. The number of carbonyl (C=O) groups excluding carboxylic acids is 2. The zero-order valence-electron chi connectivity index (χ0n) is 22.8. The molecule has 0 saturated heterocycles. The molecule has 10 nitrogen and oxygen atoms in total. The van der Waals surface area contributed by atoms with Crippen LogP contribution in [0, 0.1) is 34.5 Å². The minimum absolute atomic E-state index is 0. The van der Waals surface area contributed by atoms with Crippen molar-refractivity contribution in [2.75, 3.05) is 6.61 Å². The SMILES string of the molecule is C[C@]12CC[C@H](OP(=O)(O)OC3=C(O)C(C(O)CO)OC3=O)CC1CC[C@@H]1[C@@H]2CC[C@]2(C)C(=O)CC[C@@H]12.[Na].[Na]. The third-order valence-corrected chi connectivity index (χ3v) is 11.3. The van der Waals surface area contributed by atoms with E-state index in [0.717, 1.165) is 38.5 Å². The molecule has 0 aromatic carbocycles. The summed E-state index contributed by atoms with van der Waals surface area (Å²) in [7, 11) is -4.78. The van der Waals surface area contributed by atoms with E-state index in [0.29, 0.717) is 48.7 Å². The van der Waals surface area contributed by atoms with Crippen molar-refractivity contribution in [3.8, 4) is 0 Å². The van der Waals surface area contributed by atoms with Crippen LogP contribution in [-0.2, 0) is 27.9 Å². The van der Waals surface area contributed by atoms with Crippen LogP contribution in [0.1, 0.15) is 71.6 Å². The number of aliphatic hydroxyl groups excluding tert-OH is 3. The first-order chi connectivity index (χ1) is 16.9. The maximum Gasteiger partial charge on any atom is 0.528 e. The van der Waals surface area contributed by atoms with E-state index < -0.39 is 50.2 Å². The van der Waals surface area contributed by atoms with Gasteiger partial charge < -0.3 is 24.6 Å². The number of fused-ring (bicyclic) bond motifs is 5. The van der Waals surface area contributed by atoms with Crippen molar-refractivity contribution in [1.82, 2.24) is 0 Å². The molecule has 13 heteroatoms. The summed E-state index contributed by atoms with van der Waals surface area (Å²) in [6.07, 6.45) is 3.99. The number of cyclic esters (lactones) is 1. The molecule has 38 heavy (non-hydrogen) atoms. The number of phosphoric ester groups is 1. The predicted molar refractivity (Wildman–Crippen MR) is 137 cm³/mol. The Morgan fingerprint density at radius 3 is 2.47 bits per heavy atom. The van der Waals surface area contributed by atoms with Crippen LogP contribution in [0.3, 0.4) is 0 Å². The molecule has 2 radical (unpaired) electrons. The molecule has 4 fully saturated rings. The summed E-state index contributed by atoms with van der Waals surface area (Å²) < 4.78 is 27.8. The molecule has 4 saturated carbocycles. The normalized spacial score (nSPS) is 42.4. The number of aliphatic hydroxyl groups is 3. The molecule has 1 aliphatic heterocycles. The summed E-state index contributed by atoms with van der Waals surface area (Å²) in [6.45, 7) is 3.72. The molecule has 10 atom stereocenters. The smallest absolute Gasteiger partial charge is 0.505 e. The molecule has 204 valence electrons. The fraction of sp³-hybridized carbons (Fsp3) is 0.840. The van der Waals surface area contributed by atoms with Crippen molar-refractivity contribution < 1.29 is 48.2 Å². The van der Waals surface area contributed by atoms with Crippen LogP contribution in [0.15, 0.2) is 11.5 Å². The van der Waals surface area contributed by atoms with Crippen molar-refractivity contribution in [1.29, 1.82) is 0 Å². The summed E-state index contributed by atoms with van der Waals surface area (Å²) in [4.78, 5) is 35.0.